The first-order chi connectivity index (χ1) is 4.76. The van der Waals surface area contributed by atoms with Gasteiger partial charge in [-0.05, 0) is 19.1 Å². The van der Waals surface area contributed by atoms with Crippen LogP contribution >= 0.6 is 12.0 Å². The van der Waals surface area contributed by atoms with Gasteiger partial charge in [-0.3, -0.25) is 4.79 Å². The van der Waals surface area contributed by atoms with Gasteiger partial charge < -0.3 is 9.87 Å². The van der Waals surface area contributed by atoms with Crippen LogP contribution in [0.4, 0.5) is 0 Å². The van der Waals surface area contributed by atoms with Crippen molar-refractivity contribution in [1.82, 2.24) is 5.32 Å². The van der Waals surface area contributed by atoms with Crippen LogP contribution in [0.1, 0.15) is 13.3 Å². The van der Waals surface area contributed by atoms with Gasteiger partial charge in [0.2, 0.25) is 0 Å². The SMILES string of the molecule is CCC(=O)C(CSO)NC. The van der Waals surface area contributed by atoms with Crippen molar-refractivity contribution in [2.24, 2.45) is 0 Å². The molecule has 1 atom stereocenters. The van der Waals surface area contributed by atoms with Crippen LogP contribution in [0.15, 0.2) is 0 Å². The normalized spacial score (nSPS) is 13.1. The van der Waals surface area contributed by atoms with Crippen molar-refractivity contribution in [2.45, 2.75) is 19.4 Å². The van der Waals surface area contributed by atoms with Crippen LogP contribution in [0.5, 0.6) is 0 Å². The Morgan fingerprint density at radius 1 is 1.80 bits per heavy atom. The van der Waals surface area contributed by atoms with E-state index in [0.717, 1.165) is 0 Å². The number of hydrogen-bond acceptors (Lipinski definition) is 4. The maximum Gasteiger partial charge on any atom is 0.150 e. The van der Waals surface area contributed by atoms with Crippen LogP contribution in [-0.2, 0) is 4.79 Å². The zero-order valence-corrected chi connectivity index (χ0v) is 7.07. The molecule has 0 aliphatic heterocycles. The zero-order valence-electron chi connectivity index (χ0n) is 6.26. The van der Waals surface area contributed by atoms with Crippen molar-refractivity contribution in [3.63, 3.8) is 0 Å². The van der Waals surface area contributed by atoms with Crippen LogP contribution in [0.3, 0.4) is 0 Å². The Balaban J connectivity index is 3.68. The van der Waals surface area contributed by atoms with Gasteiger partial charge in [-0.25, -0.2) is 0 Å². The van der Waals surface area contributed by atoms with E-state index in [1.165, 1.54) is 0 Å². The van der Waals surface area contributed by atoms with Crippen molar-refractivity contribution in [3.05, 3.63) is 0 Å². The van der Waals surface area contributed by atoms with Gasteiger partial charge >= 0.3 is 0 Å². The summed E-state index contributed by atoms with van der Waals surface area (Å²) in [4.78, 5) is 10.9. The molecule has 0 saturated carbocycles. The highest BCUT2D eigenvalue weighted by molar-refractivity contribution is 7.93. The number of likely N-dealkylation sites (N-methyl/N-ethyl adjacent to an activating group) is 1. The van der Waals surface area contributed by atoms with E-state index >= 15 is 0 Å². The second kappa shape index (κ2) is 5.70. The van der Waals surface area contributed by atoms with Crippen LogP contribution in [0.2, 0.25) is 0 Å². The van der Waals surface area contributed by atoms with E-state index in [1.54, 1.807) is 7.05 Å². The summed E-state index contributed by atoms with van der Waals surface area (Å²) in [6, 6.07) is -0.194. The average Bonchev–Trinajstić information content (AvgIpc) is 1.99. The predicted octanol–water partition coefficient (Wildman–Crippen LogP) is 0.760. The molecule has 0 aliphatic rings. The van der Waals surface area contributed by atoms with Gasteiger partial charge in [-0.15, -0.1) is 0 Å². The third-order valence-corrected chi connectivity index (χ3v) is 1.81. The summed E-state index contributed by atoms with van der Waals surface area (Å²) in [5.41, 5.74) is 0. The largest absolute Gasteiger partial charge is 0.330 e. The minimum Gasteiger partial charge on any atom is -0.330 e. The van der Waals surface area contributed by atoms with E-state index < -0.39 is 0 Å². The molecule has 10 heavy (non-hydrogen) atoms. The molecule has 0 aromatic carbocycles. The predicted molar refractivity (Wildman–Crippen MR) is 43.2 cm³/mol. The summed E-state index contributed by atoms with van der Waals surface area (Å²) < 4.78 is 8.44. The highest BCUT2D eigenvalue weighted by Crippen LogP contribution is 1.99. The number of carbonyl (C=O) groups is 1. The van der Waals surface area contributed by atoms with Gasteiger partial charge in [0.25, 0.3) is 0 Å². The summed E-state index contributed by atoms with van der Waals surface area (Å²) in [5.74, 6) is 0.576. The van der Waals surface area contributed by atoms with E-state index in [4.69, 9.17) is 4.55 Å². The monoisotopic (exact) mass is 163 g/mol. The van der Waals surface area contributed by atoms with Gasteiger partial charge in [0.15, 0.2) is 0 Å². The molecule has 0 bridgehead atoms. The minimum absolute atomic E-state index is 0.143. The molecule has 2 N–H and O–H groups in total. The lowest BCUT2D eigenvalue weighted by Gasteiger charge is -2.10. The molecular formula is C6H13NO2S. The molecule has 0 aliphatic carbocycles. The molecule has 60 valence electrons. The zero-order chi connectivity index (χ0) is 7.98. The van der Waals surface area contributed by atoms with E-state index in [-0.39, 0.29) is 11.8 Å². The Bertz CT molecular complexity index is 108. The highest BCUT2D eigenvalue weighted by Gasteiger charge is 2.12. The van der Waals surface area contributed by atoms with Crippen LogP contribution < -0.4 is 5.32 Å². The number of ketones is 1. The fourth-order valence-electron chi connectivity index (χ4n) is 0.658. The lowest BCUT2D eigenvalue weighted by Crippen LogP contribution is -2.35. The maximum atomic E-state index is 10.9. The van der Waals surface area contributed by atoms with Crippen molar-refractivity contribution in [3.8, 4) is 0 Å². The lowest BCUT2D eigenvalue weighted by molar-refractivity contribution is -0.120. The molecule has 0 aromatic heterocycles. The Labute approximate surface area is 65.4 Å². The quantitative estimate of drug-likeness (QED) is 0.587. The first kappa shape index (κ1) is 9.94. The molecule has 0 fully saturated rings. The number of nitrogens with one attached hydrogen (secondary N) is 1. The molecule has 0 spiro atoms. The lowest BCUT2D eigenvalue weighted by atomic mass is 10.2. The molecule has 0 aromatic rings. The van der Waals surface area contributed by atoms with Crippen LogP contribution in [0, 0.1) is 0 Å². The number of carbonyl (C=O) groups excluding carboxylic acids is 1. The fourth-order valence-corrected chi connectivity index (χ4v) is 1.16. The number of hydrogen-bond donors (Lipinski definition) is 2. The molecule has 0 saturated heterocycles. The summed E-state index contributed by atoms with van der Waals surface area (Å²) >= 11 is 0.695. The van der Waals surface area contributed by atoms with Crippen LogP contribution in [0.25, 0.3) is 0 Å². The molecule has 0 rings (SSSR count). The Kier molecular flexibility index (Phi) is 5.67. The van der Waals surface area contributed by atoms with E-state index in [1.807, 2.05) is 6.92 Å². The van der Waals surface area contributed by atoms with E-state index in [2.05, 4.69) is 5.32 Å². The van der Waals surface area contributed by atoms with Gasteiger partial charge in [-0.2, -0.15) is 0 Å². The topological polar surface area (TPSA) is 49.3 Å². The third-order valence-electron chi connectivity index (χ3n) is 1.33. The highest BCUT2D eigenvalue weighted by atomic mass is 32.2. The van der Waals surface area contributed by atoms with Crippen molar-refractivity contribution < 1.29 is 9.35 Å². The van der Waals surface area contributed by atoms with Gasteiger partial charge in [-0.1, -0.05) is 6.92 Å². The van der Waals surface area contributed by atoms with Crippen molar-refractivity contribution in [2.75, 3.05) is 12.8 Å². The molecule has 4 heteroatoms. The summed E-state index contributed by atoms with van der Waals surface area (Å²) in [6.07, 6.45) is 0.520. The Morgan fingerprint density at radius 3 is 2.70 bits per heavy atom. The summed E-state index contributed by atoms with van der Waals surface area (Å²) in [6.45, 7) is 1.81. The molecule has 3 nitrogen and oxygen atoms in total. The number of rotatable bonds is 5. The second-order valence-electron chi connectivity index (χ2n) is 1.96. The minimum atomic E-state index is -0.194. The Morgan fingerprint density at radius 2 is 2.40 bits per heavy atom. The smallest absolute Gasteiger partial charge is 0.150 e. The summed E-state index contributed by atoms with van der Waals surface area (Å²) in [7, 11) is 1.72. The van der Waals surface area contributed by atoms with E-state index in [0.29, 0.717) is 24.2 Å². The second-order valence-corrected chi connectivity index (χ2v) is 2.55. The van der Waals surface area contributed by atoms with Crippen molar-refractivity contribution >= 4 is 17.8 Å². The molecular weight excluding hydrogens is 150 g/mol. The standard InChI is InChI=1S/C6H13NO2S/c1-3-6(8)5(7-2)4-10-9/h5,7,9H,3-4H2,1-2H3. The van der Waals surface area contributed by atoms with Gasteiger partial charge in [0.1, 0.15) is 5.78 Å². The fraction of sp³-hybridized carbons (Fsp3) is 0.833. The third kappa shape index (κ3) is 3.20. The molecule has 1 unspecified atom stereocenters. The molecule has 0 amide bonds. The number of Topliss-reactive ketones (excluding diaryl/α,β-unsaturated/α-hetero) is 1. The van der Waals surface area contributed by atoms with Crippen LogP contribution in [-0.4, -0.2) is 29.2 Å². The first-order valence-electron chi connectivity index (χ1n) is 3.22. The maximum absolute atomic E-state index is 10.9. The summed E-state index contributed by atoms with van der Waals surface area (Å²) in [5, 5.41) is 2.82. The van der Waals surface area contributed by atoms with E-state index in [9.17, 15) is 4.79 Å². The molecule has 0 heterocycles. The first-order valence-corrected chi connectivity index (χ1v) is 4.16. The Hall–Kier alpha value is -0.0600. The van der Waals surface area contributed by atoms with Gasteiger partial charge in [0, 0.05) is 12.2 Å². The van der Waals surface area contributed by atoms with Gasteiger partial charge in [0.05, 0.1) is 6.04 Å². The average molecular weight is 163 g/mol. The molecule has 0 radical (unpaired) electrons. The van der Waals surface area contributed by atoms with Crippen molar-refractivity contribution in [1.29, 1.82) is 0 Å².